The van der Waals surface area contributed by atoms with Crippen molar-refractivity contribution in [1.29, 1.82) is 0 Å². The van der Waals surface area contributed by atoms with E-state index in [2.05, 4.69) is 69.3 Å². The first-order chi connectivity index (χ1) is 22.9. The minimum atomic E-state index is -0.506. The van der Waals surface area contributed by atoms with E-state index in [-0.39, 0.29) is 23.2 Å². The molecule has 2 aliphatic rings. The fourth-order valence-corrected chi connectivity index (χ4v) is 7.57. The number of carbonyl (C=O) groups is 1. The standard InChI is InChI=1S/C37H41FN8O/c1-26(20-27-11-12-33(39-21-27)45-18-7-17-42-45)37(2)15-6-10-29(13-16-37)34-32(24-43-46(34)36-40-22-31(38)23-41-36)35(47)44-19-14-30(25-44)28-8-4-3-5-9-28/h3-5,7-9,11-12,17-18,21-24,26,29-30H,6,10,13-16,19-20,25H2,1-2H3. The van der Waals surface area contributed by atoms with Crippen molar-refractivity contribution in [3.63, 3.8) is 0 Å². The molecule has 0 spiro atoms. The molecule has 10 heteroatoms. The summed E-state index contributed by atoms with van der Waals surface area (Å²) in [6.45, 7) is 6.14. The lowest BCUT2D eigenvalue weighted by Crippen LogP contribution is -2.30. The summed E-state index contributed by atoms with van der Waals surface area (Å²) in [7, 11) is 0. The van der Waals surface area contributed by atoms with Crippen LogP contribution in [0.1, 0.15) is 91.4 Å². The van der Waals surface area contributed by atoms with Crippen molar-refractivity contribution in [1.82, 2.24) is 39.4 Å². The lowest BCUT2D eigenvalue weighted by Gasteiger charge is -2.35. The number of halogens is 1. The van der Waals surface area contributed by atoms with Crippen LogP contribution in [0.3, 0.4) is 0 Å². The number of hydrogen-bond acceptors (Lipinski definition) is 6. The van der Waals surface area contributed by atoms with Crippen LogP contribution >= 0.6 is 0 Å². The van der Waals surface area contributed by atoms with Gasteiger partial charge in [0.05, 0.1) is 29.8 Å². The Morgan fingerprint density at radius 2 is 1.77 bits per heavy atom. The summed E-state index contributed by atoms with van der Waals surface area (Å²) in [4.78, 5) is 29.3. The maximum Gasteiger partial charge on any atom is 0.257 e. The topological polar surface area (TPSA) is 94.6 Å². The van der Waals surface area contributed by atoms with Gasteiger partial charge in [-0.05, 0) is 73.1 Å². The number of benzene rings is 1. The Labute approximate surface area is 274 Å². The van der Waals surface area contributed by atoms with Crippen molar-refractivity contribution in [3.8, 4) is 11.8 Å². The van der Waals surface area contributed by atoms with Gasteiger partial charge in [0.15, 0.2) is 11.6 Å². The van der Waals surface area contributed by atoms with E-state index in [4.69, 9.17) is 0 Å². The largest absolute Gasteiger partial charge is 0.338 e. The molecule has 0 N–H and O–H groups in total. The van der Waals surface area contributed by atoms with Gasteiger partial charge < -0.3 is 4.90 Å². The predicted molar refractivity (Wildman–Crippen MR) is 177 cm³/mol. The lowest BCUT2D eigenvalue weighted by molar-refractivity contribution is 0.0789. The molecule has 0 bridgehead atoms. The van der Waals surface area contributed by atoms with E-state index in [1.54, 1.807) is 21.8 Å². The van der Waals surface area contributed by atoms with Crippen LogP contribution in [0.15, 0.2) is 85.7 Å². The second-order valence-corrected chi connectivity index (χ2v) is 13.6. The third kappa shape index (κ3) is 6.46. The van der Waals surface area contributed by atoms with Crippen LogP contribution < -0.4 is 0 Å². The highest BCUT2D eigenvalue weighted by molar-refractivity contribution is 5.95. The Kier molecular flexibility index (Phi) is 8.66. The third-order valence-corrected chi connectivity index (χ3v) is 10.6. The first-order valence-corrected chi connectivity index (χ1v) is 16.7. The quantitative estimate of drug-likeness (QED) is 0.172. The van der Waals surface area contributed by atoms with E-state index in [1.807, 2.05) is 35.5 Å². The molecule has 1 saturated heterocycles. The molecule has 4 aromatic heterocycles. The van der Waals surface area contributed by atoms with Crippen molar-refractivity contribution in [2.24, 2.45) is 11.3 Å². The van der Waals surface area contributed by atoms with Crippen LogP contribution in [0.25, 0.3) is 11.8 Å². The summed E-state index contributed by atoms with van der Waals surface area (Å²) >= 11 is 0. The van der Waals surface area contributed by atoms with Crippen LogP contribution in [0.4, 0.5) is 4.39 Å². The minimum Gasteiger partial charge on any atom is -0.338 e. The molecule has 0 radical (unpaired) electrons. The molecule has 4 unspecified atom stereocenters. The van der Waals surface area contributed by atoms with Gasteiger partial charge in [-0.15, -0.1) is 0 Å². The van der Waals surface area contributed by atoms with E-state index < -0.39 is 5.82 Å². The normalized spacial score (nSPS) is 22.2. The SMILES string of the molecule is CC(Cc1ccc(-n2cccn2)nc1)C1(C)CCCC(c2c(C(=O)N3CCC(c4ccccc4)C3)cnn2-c2ncc(F)cn2)CC1. The Balaban J connectivity index is 1.11. The lowest BCUT2D eigenvalue weighted by atomic mass is 9.70. The van der Waals surface area contributed by atoms with Gasteiger partial charge in [-0.3, -0.25) is 4.79 Å². The molecular formula is C37H41FN8O. The monoisotopic (exact) mass is 632 g/mol. The van der Waals surface area contributed by atoms with Crippen molar-refractivity contribution in [2.45, 2.75) is 70.6 Å². The highest BCUT2D eigenvalue weighted by atomic mass is 19.1. The smallest absolute Gasteiger partial charge is 0.257 e. The Morgan fingerprint density at radius 1 is 0.936 bits per heavy atom. The van der Waals surface area contributed by atoms with Gasteiger partial charge in [0, 0.05) is 43.5 Å². The van der Waals surface area contributed by atoms with Gasteiger partial charge in [-0.1, -0.05) is 56.7 Å². The summed E-state index contributed by atoms with van der Waals surface area (Å²) in [5.74, 6) is 1.44. The highest BCUT2D eigenvalue weighted by Crippen LogP contribution is 2.47. The van der Waals surface area contributed by atoms with Crippen LogP contribution in [-0.4, -0.2) is 58.4 Å². The molecule has 5 heterocycles. The highest BCUT2D eigenvalue weighted by Gasteiger charge is 2.38. The molecule has 2 fully saturated rings. The molecular weight excluding hydrogens is 591 g/mol. The third-order valence-electron chi connectivity index (χ3n) is 10.6. The fraction of sp³-hybridized carbons (Fsp3) is 0.405. The van der Waals surface area contributed by atoms with Crippen LogP contribution in [0.2, 0.25) is 0 Å². The van der Waals surface area contributed by atoms with Crippen molar-refractivity contribution in [3.05, 3.63) is 114 Å². The molecule has 4 atom stereocenters. The summed E-state index contributed by atoms with van der Waals surface area (Å²) < 4.78 is 17.3. The first-order valence-electron chi connectivity index (χ1n) is 16.7. The molecule has 1 aromatic carbocycles. The second-order valence-electron chi connectivity index (χ2n) is 13.6. The Morgan fingerprint density at radius 3 is 2.51 bits per heavy atom. The number of hydrogen-bond donors (Lipinski definition) is 0. The van der Waals surface area contributed by atoms with E-state index >= 15 is 0 Å². The van der Waals surface area contributed by atoms with E-state index in [1.165, 1.54) is 11.1 Å². The van der Waals surface area contributed by atoms with Crippen molar-refractivity contribution >= 4 is 5.91 Å². The van der Waals surface area contributed by atoms with Crippen LogP contribution in [0.5, 0.6) is 0 Å². The average molecular weight is 633 g/mol. The van der Waals surface area contributed by atoms with Gasteiger partial charge in [0.1, 0.15) is 0 Å². The van der Waals surface area contributed by atoms with Crippen LogP contribution in [0, 0.1) is 17.2 Å². The zero-order valence-corrected chi connectivity index (χ0v) is 27.0. The van der Waals surface area contributed by atoms with Gasteiger partial charge in [0.2, 0.25) is 0 Å². The molecule has 1 aliphatic heterocycles. The molecule has 7 rings (SSSR count). The van der Waals surface area contributed by atoms with Gasteiger partial charge in [-0.25, -0.2) is 28.7 Å². The summed E-state index contributed by atoms with van der Waals surface area (Å²) in [5, 5.41) is 8.94. The average Bonchev–Trinajstić information content (AvgIpc) is 3.87. The fourth-order valence-electron chi connectivity index (χ4n) is 7.57. The number of amides is 1. The molecule has 1 aliphatic carbocycles. The zero-order valence-electron chi connectivity index (χ0n) is 27.0. The number of likely N-dealkylation sites (tertiary alicyclic amines) is 1. The summed E-state index contributed by atoms with van der Waals surface area (Å²) in [6.07, 6.45) is 16.5. The molecule has 9 nitrogen and oxygen atoms in total. The molecule has 1 saturated carbocycles. The molecule has 1 amide bonds. The molecule has 242 valence electrons. The summed E-state index contributed by atoms with van der Waals surface area (Å²) in [6, 6.07) is 16.5. The van der Waals surface area contributed by atoms with Crippen LogP contribution in [-0.2, 0) is 6.42 Å². The predicted octanol–water partition coefficient (Wildman–Crippen LogP) is 6.94. The first kappa shape index (κ1) is 30.9. The Bertz CT molecular complexity index is 1790. The van der Waals surface area contributed by atoms with Crippen molar-refractivity contribution < 1.29 is 9.18 Å². The Hall–Kier alpha value is -4.73. The maximum atomic E-state index is 14.2. The van der Waals surface area contributed by atoms with Crippen molar-refractivity contribution in [2.75, 3.05) is 13.1 Å². The summed E-state index contributed by atoms with van der Waals surface area (Å²) in [5.41, 5.74) is 4.06. The van der Waals surface area contributed by atoms with E-state index in [9.17, 15) is 9.18 Å². The minimum absolute atomic E-state index is 0.00164. The second kappa shape index (κ2) is 13.2. The number of rotatable bonds is 8. The van der Waals surface area contributed by atoms with E-state index in [0.29, 0.717) is 30.5 Å². The maximum absolute atomic E-state index is 14.2. The number of carbonyl (C=O) groups excluding carboxylic acids is 1. The number of nitrogens with zero attached hydrogens (tertiary/aromatic N) is 8. The zero-order chi connectivity index (χ0) is 32.4. The van der Waals surface area contributed by atoms with E-state index in [0.717, 1.165) is 68.9 Å². The van der Waals surface area contributed by atoms with Gasteiger partial charge in [-0.2, -0.15) is 10.2 Å². The number of pyridine rings is 1. The van der Waals surface area contributed by atoms with Gasteiger partial charge in [0.25, 0.3) is 11.9 Å². The van der Waals surface area contributed by atoms with Gasteiger partial charge >= 0.3 is 0 Å². The number of aromatic nitrogens is 7. The molecule has 5 aromatic rings. The molecule has 47 heavy (non-hydrogen) atoms.